The number of esters is 1. The molecule has 0 amide bonds. The highest BCUT2D eigenvalue weighted by atomic mass is 28.3. The van der Waals surface area contributed by atoms with Gasteiger partial charge in [0.05, 0.1) is 21.1 Å². The van der Waals surface area contributed by atoms with E-state index in [1.807, 2.05) is 0 Å². The molecule has 1 aliphatic carbocycles. The zero-order valence-corrected chi connectivity index (χ0v) is 9.68. The molecule has 3 heteroatoms. The lowest BCUT2D eigenvalue weighted by Gasteiger charge is -2.12. The molecular weight excluding hydrogens is 180 g/mol. The van der Waals surface area contributed by atoms with Gasteiger partial charge in [0.1, 0.15) is 0 Å². The summed E-state index contributed by atoms with van der Waals surface area (Å²) in [5, 5.41) is 1.30. The second-order valence-electron chi connectivity index (χ2n) is 4.28. The summed E-state index contributed by atoms with van der Waals surface area (Å²) in [4.78, 5) is 11.3. The summed E-state index contributed by atoms with van der Waals surface area (Å²) in [5.74, 6) is -0.193. The van der Waals surface area contributed by atoms with Crippen molar-refractivity contribution in [3.8, 4) is 0 Å². The lowest BCUT2D eigenvalue weighted by atomic mass is 10.3. The number of allylic oxidation sites excluding steroid dienone is 1. The van der Waals surface area contributed by atoms with E-state index in [-0.39, 0.29) is 11.9 Å². The van der Waals surface area contributed by atoms with Crippen LogP contribution in [0.15, 0.2) is 23.4 Å². The van der Waals surface area contributed by atoms with E-state index in [0.29, 0.717) is 0 Å². The van der Waals surface area contributed by atoms with Gasteiger partial charge in [-0.1, -0.05) is 37.5 Å². The third-order valence-electron chi connectivity index (χ3n) is 2.29. The number of hydrogen-bond acceptors (Lipinski definition) is 2. The summed E-state index contributed by atoms with van der Waals surface area (Å²) in [6, 6.07) is 0. The van der Waals surface area contributed by atoms with E-state index in [4.69, 9.17) is 4.74 Å². The normalized spacial score (nSPS) is 21.4. The SMILES string of the molecule is C=CC1=C([Si](C)(C)C)C1C(=O)OC. The Bertz CT molecular complexity index is 284. The Labute approximate surface area is 80.3 Å². The maximum atomic E-state index is 11.3. The fraction of sp³-hybridized carbons (Fsp3) is 0.500. The molecule has 0 heterocycles. The van der Waals surface area contributed by atoms with Crippen molar-refractivity contribution in [2.24, 2.45) is 5.92 Å². The average molecular weight is 196 g/mol. The maximum Gasteiger partial charge on any atom is 0.316 e. The first kappa shape index (κ1) is 10.2. The Hall–Kier alpha value is -0.833. The highest BCUT2D eigenvalue weighted by Crippen LogP contribution is 2.46. The minimum atomic E-state index is -1.34. The zero-order valence-electron chi connectivity index (χ0n) is 8.68. The summed E-state index contributed by atoms with van der Waals surface area (Å²) in [5.41, 5.74) is 1.10. The minimum Gasteiger partial charge on any atom is -0.468 e. The molecule has 0 bridgehead atoms. The average Bonchev–Trinajstić information content (AvgIpc) is 2.75. The van der Waals surface area contributed by atoms with Crippen molar-refractivity contribution in [1.82, 2.24) is 0 Å². The van der Waals surface area contributed by atoms with Crippen LogP contribution in [0.3, 0.4) is 0 Å². The number of carbonyl (C=O) groups excluding carboxylic acids is 1. The van der Waals surface area contributed by atoms with Crippen LogP contribution >= 0.6 is 0 Å². The van der Waals surface area contributed by atoms with Gasteiger partial charge < -0.3 is 4.74 Å². The predicted molar refractivity (Wildman–Crippen MR) is 56.1 cm³/mol. The van der Waals surface area contributed by atoms with Crippen LogP contribution < -0.4 is 0 Å². The van der Waals surface area contributed by atoms with Gasteiger partial charge in [-0.2, -0.15) is 0 Å². The topological polar surface area (TPSA) is 26.3 Å². The molecule has 2 nitrogen and oxygen atoms in total. The highest BCUT2D eigenvalue weighted by molar-refractivity contribution is 6.85. The van der Waals surface area contributed by atoms with Crippen molar-refractivity contribution in [2.45, 2.75) is 19.6 Å². The zero-order chi connectivity index (χ0) is 10.2. The van der Waals surface area contributed by atoms with Crippen molar-refractivity contribution < 1.29 is 9.53 Å². The number of methoxy groups -OCH3 is 1. The van der Waals surface area contributed by atoms with Gasteiger partial charge in [-0.05, 0) is 5.57 Å². The lowest BCUT2D eigenvalue weighted by Crippen LogP contribution is -2.22. The molecule has 0 aromatic heterocycles. The molecule has 72 valence electrons. The van der Waals surface area contributed by atoms with Gasteiger partial charge in [0.2, 0.25) is 0 Å². The van der Waals surface area contributed by atoms with Crippen LogP contribution in [0.5, 0.6) is 0 Å². The van der Waals surface area contributed by atoms with Crippen LogP contribution in [0, 0.1) is 5.92 Å². The molecule has 0 aromatic rings. The molecule has 0 fully saturated rings. The summed E-state index contributed by atoms with van der Waals surface area (Å²) < 4.78 is 4.73. The van der Waals surface area contributed by atoms with E-state index < -0.39 is 8.07 Å². The molecule has 13 heavy (non-hydrogen) atoms. The van der Waals surface area contributed by atoms with E-state index in [2.05, 4.69) is 26.2 Å². The van der Waals surface area contributed by atoms with Crippen molar-refractivity contribution in [3.63, 3.8) is 0 Å². The predicted octanol–water partition coefficient (Wildman–Crippen LogP) is 2.15. The largest absolute Gasteiger partial charge is 0.468 e. The molecule has 1 rings (SSSR count). The Morgan fingerprint density at radius 1 is 1.54 bits per heavy atom. The van der Waals surface area contributed by atoms with Crippen molar-refractivity contribution in [2.75, 3.05) is 7.11 Å². The smallest absolute Gasteiger partial charge is 0.316 e. The summed E-state index contributed by atoms with van der Waals surface area (Å²) in [6.45, 7) is 10.4. The number of ether oxygens (including phenoxy) is 1. The molecule has 1 aliphatic rings. The van der Waals surface area contributed by atoms with Crippen LogP contribution in [0.4, 0.5) is 0 Å². The fourth-order valence-corrected chi connectivity index (χ4v) is 3.87. The van der Waals surface area contributed by atoms with Crippen LogP contribution in [0.25, 0.3) is 0 Å². The van der Waals surface area contributed by atoms with E-state index in [1.54, 1.807) is 6.08 Å². The van der Waals surface area contributed by atoms with Gasteiger partial charge in [-0.15, -0.1) is 0 Å². The summed E-state index contributed by atoms with van der Waals surface area (Å²) in [6.07, 6.45) is 1.79. The van der Waals surface area contributed by atoms with Crippen LogP contribution in [0.2, 0.25) is 19.6 Å². The Balaban J connectivity index is 2.81. The first-order valence-corrected chi connectivity index (χ1v) is 7.88. The lowest BCUT2D eigenvalue weighted by molar-refractivity contribution is -0.141. The van der Waals surface area contributed by atoms with Gasteiger partial charge in [0, 0.05) is 0 Å². The van der Waals surface area contributed by atoms with Crippen molar-refractivity contribution in [1.29, 1.82) is 0 Å². The third kappa shape index (κ3) is 1.75. The molecule has 0 aromatic carbocycles. The quantitative estimate of drug-likeness (QED) is 0.510. The van der Waals surface area contributed by atoms with E-state index >= 15 is 0 Å². The van der Waals surface area contributed by atoms with Gasteiger partial charge in [-0.25, -0.2) is 0 Å². The minimum absolute atomic E-state index is 0.0610. The number of carbonyl (C=O) groups is 1. The Kier molecular flexibility index (Phi) is 2.48. The second-order valence-corrected chi connectivity index (χ2v) is 9.32. The molecule has 0 radical (unpaired) electrons. The van der Waals surface area contributed by atoms with E-state index in [9.17, 15) is 4.79 Å². The Morgan fingerprint density at radius 2 is 2.08 bits per heavy atom. The first-order valence-electron chi connectivity index (χ1n) is 4.38. The number of hydrogen-bond donors (Lipinski definition) is 0. The molecule has 0 spiro atoms. The third-order valence-corrected chi connectivity index (χ3v) is 4.49. The van der Waals surface area contributed by atoms with Gasteiger partial charge in [0.15, 0.2) is 0 Å². The van der Waals surface area contributed by atoms with Gasteiger partial charge >= 0.3 is 5.97 Å². The van der Waals surface area contributed by atoms with Crippen LogP contribution in [-0.2, 0) is 9.53 Å². The molecule has 0 saturated heterocycles. The van der Waals surface area contributed by atoms with E-state index in [0.717, 1.165) is 5.57 Å². The fourth-order valence-electron chi connectivity index (χ4n) is 1.70. The number of rotatable bonds is 3. The highest BCUT2D eigenvalue weighted by Gasteiger charge is 2.47. The van der Waals surface area contributed by atoms with Crippen molar-refractivity contribution >= 4 is 14.0 Å². The van der Waals surface area contributed by atoms with Crippen molar-refractivity contribution in [3.05, 3.63) is 23.4 Å². The molecule has 1 atom stereocenters. The van der Waals surface area contributed by atoms with Crippen LogP contribution in [0.1, 0.15) is 0 Å². The van der Waals surface area contributed by atoms with E-state index in [1.165, 1.54) is 12.3 Å². The van der Waals surface area contributed by atoms with Gasteiger partial charge in [-0.3, -0.25) is 4.79 Å². The summed E-state index contributed by atoms with van der Waals surface area (Å²) in [7, 11) is 0.0916. The summed E-state index contributed by atoms with van der Waals surface area (Å²) >= 11 is 0. The molecule has 0 N–H and O–H groups in total. The van der Waals surface area contributed by atoms with Crippen LogP contribution in [-0.4, -0.2) is 21.2 Å². The molecular formula is C10H16O2Si. The molecule has 0 aliphatic heterocycles. The van der Waals surface area contributed by atoms with Gasteiger partial charge in [0.25, 0.3) is 0 Å². The molecule has 1 unspecified atom stereocenters. The maximum absolute atomic E-state index is 11.3. The Morgan fingerprint density at radius 3 is 2.31 bits per heavy atom. The monoisotopic (exact) mass is 196 g/mol. The first-order chi connectivity index (χ1) is 5.93. The molecule has 0 saturated carbocycles. The standard InChI is InChI=1S/C10H16O2Si/c1-6-7-8(10(11)12-2)9(7)13(3,4)5/h6,8H,1H2,2-5H3. The second kappa shape index (κ2) is 3.14.